The predicted octanol–water partition coefficient (Wildman–Crippen LogP) is 6.29. The second-order valence-electron chi connectivity index (χ2n) is 5.95. The van der Waals surface area contributed by atoms with Crippen LogP contribution in [0.15, 0.2) is 72.8 Å². The van der Waals surface area contributed by atoms with E-state index in [2.05, 4.69) is 6.07 Å². The van der Waals surface area contributed by atoms with E-state index in [1.807, 2.05) is 85.8 Å². The van der Waals surface area contributed by atoms with E-state index in [0.29, 0.717) is 23.0 Å². The molecule has 26 heavy (non-hydrogen) atoms. The molecule has 0 aliphatic heterocycles. The standard InChI is InChI=1S/C23H18ClNO/c1-17-10-12-18(13-11-17)21(15-25)14-19-6-3-5-9-23(19)26-16-20-7-2-4-8-22(20)24/h2-14H,16H2,1H3/b21-14-. The molecule has 0 spiro atoms. The van der Waals surface area contributed by atoms with Crippen molar-refractivity contribution in [3.63, 3.8) is 0 Å². The van der Waals surface area contributed by atoms with Gasteiger partial charge < -0.3 is 4.74 Å². The van der Waals surface area contributed by atoms with Crippen LogP contribution in [-0.4, -0.2) is 0 Å². The van der Waals surface area contributed by atoms with E-state index >= 15 is 0 Å². The molecule has 3 heteroatoms. The van der Waals surface area contributed by atoms with E-state index in [4.69, 9.17) is 16.3 Å². The molecule has 2 nitrogen and oxygen atoms in total. The molecule has 0 unspecified atom stereocenters. The number of nitrogens with zero attached hydrogens (tertiary/aromatic N) is 1. The van der Waals surface area contributed by atoms with Crippen LogP contribution in [0, 0.1) is 18.3 Å². The van der Waals surface area contributed by atoms with Crippen LogP contribution in [0.25, 0.3) is 11.6 Å². The quantitative estimate of drug-likeness (QED) is 0.396. The maximum atomic E-state index is 9.57. The van der Waals surface area contributed by atoms with Crippen molar-refractivity contribution in [2.45, 2.75) is 13.5 Å². The first kappa shape index (κ1) is 17.8. The summed E-state index contributed by atoms with van der Waals surface area (Å²) < 4.78 is 5.97. The Hall–Kier alpha value is -3.02. The number of benzene rings is 3. The van der Waals surface area contributed by atoms with Gasteiger partial charge >= 0.3 is 0 Å². The van der Waals surface area contributed by atoms with Gasteiger partial charge in [-0.1, -0.05) is 77.8 Å². The Morgan fingerprint density at radius 3 is 2.42 bits per heavy atom. The van der Waals surface area contributed by atoms with Crippen LogP contribution in [-0.2, 0) is 6.61 Å². The lowest BCUT2D eigenvalue weighted by Crippen LogP contribution is -1.97. The monoisotopic (exact) mass is 359 g/mol. The lowest BCUT2D eigenvalue weighted by molar-refractivity contribution is 0.305. The second-order valence-corrected chi connectivity index (χ2v) is 6.36. The topological polar surface area (TPSA) is 33.0 Å². The molecule has 0 radical (unpaired) electrons. The molecule has 0 saturated carbocycles. The van der Waals surface area contributed by atoms with Crippen molar-refractivity contribution < 1.29 is 4.74 Å². The Balaban J connectivity index is 1.87. The first-order valence-electron chi connectivity index (χ1n) is 8.31. The Kier molecular flexibility index (Phi) is 5.73. The zero-order valence-corrected chi connectivity index (χ0v) is 15.2. The molecule has 3 rings (SSSR count). The highest BCUT2D eigenvalue weighted by Gasteiger charge is 2.06. The highest BCUT2D eigenvalue weighted by molar-refractivity contribution is 6.31. The molecule has 0 amide bonds. The third-order valence-corrected chi connectivity index (χ3v) is 4.41. The SMILES string of the molecule is Cc1ccc(/C(C#N)=C\c2ccccc2OCc2ccccc2Cl)cc1. The van der Waals surface area contributed by atoms with Gasteiger partial charge in [0.25, 0.3) is 0 Å². The van der Waals surface area contributed by atoms with Gasteiger partial charge in [0.05, 0.1) is 11.6 Å². The maximum Gasteiger partial charge on any atom is 0.127 e. The fourth-order valence-corrected chi connectivity index (χ4v) is 2.76. The van der Waals surface area contributed by atoms with Crippen LogP contribution in [0.4, 0.5) is 0 Å². The average molecular weight is 360 g/mol. The first-order valence-corrected chi connectivity index (χ1v) is 8.69. The normalized spacial score (nSPS) is 11.0. The molecule has 3 aromatic carbocycles. The van der Waals surface area contributed by atoms with Gasteiger partial charge in [-0.2, -0.15) is 5.26 Å². The zero-order valence-electron chi connectivity index (χ0n) is 14.4. The number of rotatable bonds is 5. The highest BCUT2D eigenvalue weighted by Crippen LogP contribution is 2.26. The van der Waals surface area contributed by atoms with Crippen molar-refractivity contribution in [3.05, 3.63) is 100 Å². The van der Waals surface area contributed by atoms with Crippen molar-refractivity contribution in [2.24, 2.45) is 0 Å². The third-order valence-electron chi connectivity index (χ3n) is 4.04. The maximum absolute atomic E-state index is 9.57. The number of nitriles is 1. The molecule has 128 valence electrons. The number of allylic oxidation sites excluding steroid dienone is 1. The van der Waals surface area contributed by atoms with Crippen LogP contribution >= 0.6 is 11.6 Å². The van der Waals surface area contributed by atoms with Crippen molar-refractivity contribution in [1.82, 2.24) is 0 Å². The van der Waals surface area contributed by atoms with Gasteiger partial charge in [0, 0.05) is 16.1 Å². The largest absolute Gasteiger partial charge is 0.488 e. The molecule has 0 aromatic heterocycles. The van der Waals surface area contributed by atoms with Crippen molar-refractivity contribution in [3.8, 4) is 11.8 Å². The molecule has 0 atom stereocenters. The summed E-state index contributed by atoms with van der Waals surface area (Å²) in [6.07, 6.45) is 1.85. The van der Waals surface area contributed by atoms with E-state index in [1.54, 1.807) is 0 Å². The van der Waals surface area contributed by atoms with Crippen molar-refractivity contribution in [1.29, 1.82) is 5.26 Å². The number of hydrogen-bond donors (Lipinski definition) is 0. The lowest BCUT2D eigenvalue weighted by atomic mass is 10.0. The Bertz CT molecular complexity index is 968. The summed E-state index contributed by atoms with van der Waals surface area (Å²) in [6, 6.07) is 25.5. The van der Waals surface area contributed by atoms with Crippen LogP contribution in [0.2, 0.25) is 5.02 Å². The Morgan fingerprint density at radius 1 is 1.00 bits per heavy atom. The van der Waals surface area contributed by atoms with E-state index in [9.17, 15) is 5.26 Å². The van der Waals surface area contributed by atoms with Gasteiger partial charge in [-0.3, -0.25) is 0 Å². The Morgan fingerprint density at radius 2 is 1.69 bits per heavy atom. The van der Waals surface area contributed by atoms with Crippen LogP contribution in [0.1, 0.15) is 22.3 Å². The molecule has 3 aromatic rings. The smallest absolute Gasteiger partial charge is 0.127 e. The van der Waals surface area contributed by atoms with Crippen LogP contribution in [0.5, 0.6) is 5.75 Å². The molecule has 0 aliphatic rings. The average Bonchev–Trinajstić information content (AvgIpc) is 2.67. The fourth-order valence-electron chi connectivity index (χ4n) is 2.57. The molecular formula is C23H18ClNO. The van der Waals surface area contributed by atoms with Gasteiger partial charge in [-0.05, 0) is 30.7 Å². The van der Waals surface area contributed by atoms with Crippen LogP contribution in [0.3, 0.4) is 0 Å². The summed E-state index contributed by atoms with van der Waals surface area (Å²) in [5.41, 5.74) is 4.43. The minimum atomic E-state index is 0.372. The molecule has 0 heterocycles. The molecule has 0 saturated heterocycles. The van der Waals surface area contributed by atoms with E-state index in [0.717, 1.165) is 22.3 Å². The first-order chi connectivity index (χ1) is 12.7. The van der Waals surface area contributed by atoms with Gasteiger partial charge in [-0.25, -0.2) is 0 Å². The summed E-state index contributed by atoms with van der Waals surface area (Å²) in [5, 5.41) is 10.2. The number of aryl methyl sites for hydroxylation is 1. The third kappa shape index (κ3) is 4.33. The van der Waals surface area contributed by atoms with Gasteiger partial charge in [0.15, 0.2) is 0 Å². The molecule has 0 N–H and O–H groups in total. The summed E-state index contributed by atoms with van der Waals surface area (Å²) in [5.74, 6) is 0.715. The number of hydrogen-bond acceptors (Lipinski definition) is 2. The van der Waals surface area contributed by atoms with Crippen molar-refractivity contribution >= 4 is 23.3 Å². The van der Waals surface area contributed by atoms with Gasteiger partial charge in [-0.15, -0.1) is 0 Å². The van der Waals surface area contributed by atoms with Crippen LogP contribution < -0.4 is 4.74 Å². The minimum Gasteiger partial charge on any atom is -0.488 e. The van der Waals surface area contributed by atoms with Crippen molar-refractivity contribution in [2.75, 3.05) is 0 Å². The Labute approximate surface area is 158 Å². The number of halogens is 1. The van der Waals surface area contributed by atoms with E-state index < -0.39 is 0 Å². The van der Waals surface area contributed by atoms with Gasteiger partial charge in [0.1, 0.15) is 12.4 Å². The molecule has 0 aliphatic carbocycles. The summed E-state index contributed by atoms with van der Waals surface area (Å²) in [6.45, 7) is 2.40. The molecule has 0 bridgehead atoms. The van der Waals surface area contributed by atoms with E-state index in [-0.39, 0.29) is 0 Å². The van der Waals surface area contributed by atoms with Gasteiger partial charge in [0.2, 0.25) is 0 Å². The second kappa shape index (κ2) is 8.38. The summed E-state index contributed by atoms with van der Waals surface area (Å²) in [7, 11) is 0. The fraction of sp³-hybridized carbons (Fsp3) is 0.0870. The lowest BCUT2D eigenvalue weighted by Gasteiger charge is -2.11. The molecular weight excluding hydrogens is 342 g/mol. The number of para-hydroxylation sites is 1. The number of ether oxygens (including phenoxy) is 1. The highest BCUT2D eigenvalue weighted by atomic mass is 35.5. The predicted molar refractivity (Wildman–Crippen MR) is 107 cm³/mol. The summed E-state index contributed by atoms with van der Waals surface area (Å²) >= 11 is 6.19. The molecule has 0 fully saturated rings. The zero-order chi connectivity index (χ0) is 18.4. The van der Waals surface area contributed by atoms with E-state index in [1.165, 1.54) is 0 Å². The minimum absolute atomic E-state index is 0.372. The summed E-state index contributed by atoms with van der Waals surface area (Å²) in [4.78, 5) is 0.